The van der Waals surface area contributed by atoms with Gasteiger partial charge in [0.2, 0.25) is 5.91 Å². The van der Waals surface area contributed by atoms with Crippen molar-refractivity contribution in [2.24, 2.45) is 0 Å². The third kappa shape index (κ3) is 2.10. The molecule has 6 nitrogen and oxygen atoms in total. The van der Waals surface area contributed by atoms with Crippen LogP contribution in [-0.4, -0.2) is 34.4 Å². The van der Waals surface area contributed by atoms with Gasteiger partial charge in [-0.3, -0.25) is 19.0 Å². The number of nitrogens with one attached hydrogen (secondary N) is 1. The molecule has 1 spiro atoms. The first-order valence-corrected chi connectivity index (χ1v) is 7.72. The largest absolute Gasteiger partial charge is 0.343 e. The zero-order valence-electron chi connectivity index (χ0n) is 11.3. The summed E-state index contributed by atoms with van der Waals surface area (Å²) in [5, 5.41) is 3.12. The predicted molar refractivity (Wildman–Crippen MR) is 80.3 cm³/mol. The second-order valence-corrected chi connectivity index (χ2v) is 6.58. The predicted octanol–water partition coefficient (Wildman–Crippen LogP) is 1.30. The Bertz CT molecular complexity index is 707. The highest BCUT2D eigenvalue weighted by Crippen LogP contribution is 2.35. The molecular weight excluding hydrogens is 362 g/mol. The zero-order valence-corrected chi connectivity index (χ0v) is 13.6. The van der Waals surface area contributed by atoms with E-state index in [2.05, 4.69) is 21.2 Å². The molecule has 0 unspecified atom stereocenters. The Balaban J connectivity index is 2.09. The van der Waals surface area contributed by atoms with Crippen molar-refractivity contribution in [3.05, 3.63) is 31.6 Å². The van der Waals surface area contributed by atoms with E-state index in [0.29, 0.717) is 30.4 Å². The van der Waals surface area contributed by atoms with Crippen LogP contribution in [0.3, 0.4) is 0 Å². The van der Waals surface area contributed by atoms with Crippen LogP contribution in [0.15, 0.2) is 15.3 Å². The first kappa shape index (κ1) is 14.6. The van der Waals surface area contributed by atoms with E-state index in [1.54, 1.807) is 4.90 Å². The van der Waals surface area contributed by atoms with Crippen molar-refractivity contribution < 1.29 is 9.59 Å². The number of carbonyl (C=O) groups is 2. The molecule has 1 N–H and O–H groups in total. The van der Waals surface area contributed by atoms with E-state index < -0.39 is 5.66 Å². The van der Waals surface area contributed by atoms with Crippen LogP contribution in [0.1, 0.15) is 30.3 Å². The summed E-state index contributed by atoms with van der Waals surface area (Å²) in [6.45, 7) is 2.50. The Morgan fingerprint density at radius 2 is 2.00 bits per heavy atom. The van der Waals surface area contributed by atoms with Crippen LogP contribution in [0.4, 0.5) is 0 Å². The van der Waals surface area contributed by atoms with Crippen molar-refractivity contribution in [1.29, 1.82) is 0 Å². The first-order valence-electron chi connectivity index (χ1n) is 6.55. The van der Waals surface area contributed by atoms with Crippen molar-refractivity contribution in [1.82, 2.24) is 14.8 Å². The standard InChI is InChI=1S/C13H13BrClN3O3/c1-7(19)17-4-2-13(3-5-17)16-11(20)10-9(15)6-8(14)12(21)18(10)13/h6H,2-5H2,1H3,(H,16,20). The molecule has 2 aliphatic heterocycles. The lowest BCUT2D eigenvalue weighted by Crippen LogP contribution is -2.55. The maximum Gasteiger partial charge on any atom is 0.271 e. The van der Waals surface area contributed by atoms with Crippen molar-refractivity contribution in [2.75, 3.05) is 13.1 Å². The summed E-state index contributed by atoms with van der Waals surface area (Å²) >= 11 is 9.29. The number of pyridine rings is 1. The molecule has 1 fully saturated rings. The van der Waals surface area contributed by atoms with Gasteiger partial charge in [0.05, 0.1) is 9.50 Å². The van der Waals surface area contributed by atoms with Gasteiger partial charge in [-0.05, 0) is 22.0 Å². The lowest BCUT2D eigenvalue weighted by molar-refractivity contribution is -0.131. The quantitative estimate of drug-likeness (QED) is 0.744. The first-order chi connectivity index (χ1) is 9.85. The number of amides is 2. The van der Waals surface area contributed by atoms with Crippen LogP contribution in [0.25, 0.3) is 0 Å². The molecule has 21 heavy (non-hydrogen) atoms. The van der Waals surface area contributed by atoms with Crippen LogP contribution in [0, 0.1) is 0 Å². The van der Waals surface area contributed by atoms with E-state index in [4.69, 9.17) is 11.6 Å². The maximum atomic E-state index is 12.4. The van der Waals surface area contributed by atoms with Gasteiger partial charge < -0.3 is 10.2 Å². The molecule has 0 atom stereocenters. The molecule has 0 aliphatic carbocycles. The van der Waals surface area contributed by atoms with Crippen LogP contribution < -0.4 is 10.9 Å². The van der Waals surface area contributed by atoms with Gasteiger partial charge >= 0.3 is 0 Å². The highest BCUT2D eigenvalue weighted by Gasteiger charge is 2.47. The lowest BCUT2D eigenvalue weighted by atomic mass is 9.97. The second-order valence-electron chi connectivity index (χ2n) is 5.32. The minimum Gasteiger partial charge on any atom is -0.343 e. The number of rotatable bonds is 0. The average molecular weight is 375 g/mol. The third-order valence-electron chi connectivity index (χ3n) is 4.14. The summed E-state index contributed by atoms with van der Waals surface area (Å²) in [4.78, 5) is 37.8. The highest BCUT2D eigenvalue weighted by atomic mass is 79.9. The number of aromatic nitrogens is 1. The van der Waals surface area contributed by atoms with Crippen LogP contribution >= 0.6 is 27.5 Å². The number of hydrogen-bond acceptors (Lipinski definition) is 3. The molecule has 3 heterocycles. The molecule has 0 radical (unpaired) electrons. The molecule has 3 rings (SSSR count). The summed E-state index contributed by atoms with van der Waals surface area (Å²) in [7, 11) is 0. The lowest BCUT2D eigenvalue weighted by Gasteiger charge is -2.39. The third-order valence-corrected chi connectivity index (χ3v) is 4.99. The summed E-state index contributed by atoms with van der Waals surface area (Å²) < 4.78 is 1.76. The number of carbonyl (C=O) groups excluding carboxylic acids is 2. The Morgan fingerprint density at radius 3 is 2.57 bits per heavy atom. The summed E-state index contributed by atoms with van der Waals surface area (Å²) in [6, 6.07) is 1.44. The Labute approximate surface area is 134 Å². The van der Waals surface area contributed by atoms with Crippen LogP contribution in [-0.2, 0) is 10.5 Å². The minimum absolute atomic E-state index is 0.00554. The number of likely N-dealkylation sites (tertiary alicyclic amines) is 1. The molecule has 0 bridgehead atoms. The zero-order chi connectivity index (χ0) is 15.4. The highest BCUT2D eigenvalue weighted by molar-refractivity contribution is 9.10. The fourth-order valence-corrected chi connectivity index (χ4v) is 3.86. The molecule has 2 amide bonds. The Hall–Kier alpha value is -1.34. The summed E-state index contributed by atoms with van der Waals surface area (Å²) in [5.41, 5.74) is -0.881. The Kier molecular flexibility index (Phi) is 3.37. The smallest absolute Gasteiger partial charge is 0.271 e. The van der Waals surface area contributed by atoms with Gasteiger partial charge in [0.1, 0.15) is 11.4 Å². The van der Waals surface area contributed by atoms with E-state index >= 15 is 0 Å². The minimum atomic E-state index is -0.789. The molecule has 0 saturated carbocycles. The van der Waals surface area contributed by atoms with Crippen molar-refractivity contribution >= 4 is 39.3 Å². The molecular formula is C13H13BrClN3O3. The van der Waals surface area contributed by atoms with Gasteiger partial charge in [-0.15, -0.1) is 0 Å². The Morgan fingerprint density at radius 1 is 1.38 bits per heavy atom. The molecule has 2 aliphatic rings. The number of nitrogens with zero attached hydrogens (tertiary/aromatic N) is 2. The van der Waals surface area contributed by atoms with Crippen LogP contribution in [0.2, 0.25) is 5.02 Å². The summed E-state index contributed by atoms with van der Waals surface area (Å²) in [5.74, 6) is -0.352. The van der Waals surface area contributed by atoms with E-state index in [-0.39, 0.29) is 28.1 Å². The van der Waals surface area contributed by atoms with Gasteiger partial charge in [0.25, 0.3) is 11.5 Å². The topological polar surface area (TPSA) is 71.4 Å². The number of piperidine rings is 1. The van der Waals surface area contributed by atoms with Crippen molar-refractivity contribution in [2.45, 2.75) is 25.4 Å². The van der Waals surface area contributed by atoms with Gasteiger partial charge in [-0.1, -0.05) is 11.6 Å². The van der Waals surface area contributed by atoms with E-state index in [0.717, 1.165) is 0 Å². The molecule has 0 aromatic carbocycles. The SMILES string of the molecule is CC(=O)N1CCC2(CC1)NC(=O)c1c(Cl)cc(Br)c(=O)n12. The number of halogens is 2. The fourth-order valence-electron chi connectivity index (χ4n) is 3.04. The van der Waals surface area contributed by atoms with E-state index in [1.807, 2.05) is 0 Å². The second kappa shape index (κ2) is 4.84. The molecule has 8 heteroatoms. The van der Waals surface area contributed by atoms with E-state index in [9.17, 15) is 14.4 Å². The molecule has 1 aromatic heterocycles. The van der Waals surface area contributed by atoms with E-state index in [1.165, 1.54) is 17.6 Å². The number of hydrogen-bond donors (Lipinski definition) is 1. The molecule has 1 aromatic rings. The number of fused-ring (bicyclic) bond motifs is 2. The molecule has 112 valence electrons. The van der Waals surface area contributed by atoms with Crippen LogP contribution in [0.5, 0.6) is 0 Å². The van der Waals surface area contributed by atoms with Crippen molar-refractivity contribution in [3.8, 4) is 0 Å². The van der Waals surface area contributed by atoms with Crippen molar-refractivity contribution in [3.63, 3.8) is 0 Å². The van der Waals surface area contributed by atoms with Gasteiger partial charge in [-0.2, -0.15) is 0 Å². The summed E-state index contributed by atoms with van der Waals surface area (Å²) in [6.07, 6.45) is 0.968. The van der Waals surface area contributed by atoms with Gasteiger partial charge in [-0.25, -0.2) is 0 Å². The fraction of sp³-hybridized carbons (Fsp3) is 0.462. The van der Waals surface area contributed by atoms with Gasteiger partial charge in [0, 0.05) is 32.9 Å². The normalized spacial score (nSPS) is 19.6. The molecule has 1 saturated heterocycles. The monoisotopic (exact) mass is 373 g/mol. The average Bonchev–Trinajstić information content (AvgIpc) is 2.70. The maximum absolute atomic E-state index is 12.4. The van der Waals surface area contributed by atoms with Gasteiger partial charge in [0.15, 0.2) is 0 Å².